The van der Waals surface area contributed by atoms with Gasteiger partial charge in [0, 0.05) is 6.92 Å². The Morgan fingerprint density at radius 1 is 1.24 bits per heavy atom. The summed E-state index contributed by atoms with van der Waals surface area (Å²) in [5.41, 5.74) is -1.67. The molecule has 0 aliphatic carbocycles. The van der Waals surface area contributed by atoms with Crippen LogP contribution in [0, 0.1) is 0 Å². The van der Waals surface area contributed by atoms with Crippen LogP contribution in [0.3, 0.4) is 0 Å². The van der Waals surface area contributed by atoms with E-state index < -0.39 is 29.3 Å². The predicted octanol–water partition coefficient (Wildman–Crippen LogP) is -0.582. The molecule has 1 aliphatic rings. The van der Waals surface area contributed by atoms with Crippen molar-refractivity contribution >= 4 is 23.8 Å². The van der Waals surface area contributed by atoms with Gasteiger partial charge >= 0.3 is 6.03 Å². The van der Waals surface area contributed by atoms with Crippen LogP contribution in [0.2, 0.25) is 0 Å². The van der Waals surface area contributed by atoms with Gasteiger partial charge in [-0.15, -0.1) is 0 Å². The van der Waals surface area contributed by atoms with Gasteiger partial charge in [0.25, 0.3) is 11.8 Å². The number of nitrogens with one attached hydrogen (secondary N) is 3. The minimum Gasteiger partial charge on any atom is -0.334 e. The third-order valence-electron chi connectivity index (χ3n) is 2.52. The third kappa shape index (κ3) is 2.61. The number of hydrogen-bond acceptors (Lipinski definition) is 4. The summed E-state index contributed by atoms with van der Waals surface area (Å²) in [6.07, 6.45) is 1.50. The summed E-state index contributed by atoms with van der Waals surface area (Å²) in [7, 11) is 0. The van der Waals surface area contributed by atoms with Gasteiger partial charge in [0.05, 0.1) is 0 Å². The maximum atomic E-state index is 11.8. The lowest BCUT2D eigenvalue weighted by Crippen LogP contribution is -2.73. The first-order valence-electron chi connectivity index (χ1n) is 5.38. The van der Waals surface area contributed by atoms with Gasteiger partial charge in [-0.3, -0.25) is 25.0 Å². The van der Waals surface area contributed by atoms with Gasteiger partial charge in [-0.25, -0.2) is 4.79 Å². The van der Waals surface area contributed by atoms with Crippen LogP contribution in [0.5, 0.6) is 0 Å². The van der Waals surface area contributed by atoms with Crippen molar-refractivity contribution in [2.45, 2.75) is 38.6 Å². The van der Waals surface area contributed by atoms with E-state index in [4.69, 9.17) is 0 Å². The van der Waals surface area contributed by atoms with Gasteiger partial charge < -0.3 is 5.32 Å². The van der Waals surface area contributed by atoms with Crippen LogP contribution in [0.15, 0.2) is 0 Å². The fourth-order valence-corrected chi connectivity index (χ4v) is 1.70. The lowest BCUT2D eigenvalue weighted by atomic mass is 9.89. The number of urea groups is 1. The summed E-state index contributed by atoms with van der Waals surface area (Å²) in [5, 5.41) is 6.32. The molecule has 1 fully saturated rings. The lowest BCUT2D eigenvalue weighted by Gasteiger charge is -2.34. The summed E-state index contributed by atoms with van der Waals surface area (Å²) >= 11 is 0. The van der Waals surface area contributed by atoms with E-state index in [1.807, 2.05) is 17.6 Å². The molecule has 94 valence electrons. The fourth-order valence-electron chi connectivity index (χ4n) is 1.70. The van der Waals surface area contributed by atoms with Crippen LogP contribution in [0.25, 0.3) is 0 Å². The fraction of sp³-hybridized carbons (Fsp3) is 0.600. The van der Waals surface area contributed by atoms with E-state index in [9.17, 15) is 19.2 Å². The Morgan fingerprint density at radius 2 is 1.76 bits per heavy atom. The molecular formula is C10H15N3O4. The van der Waals surface area contributed by atoms with Crippen LogP contribution in [-0.2, 0) is 14.4 Å². The molecule has 3 N–H and O–H groups in total. The highest BCUT2D eigenvalue weighted by atomic mass is 16.2. The molecule has 0 aromatic heterocycles. The van der Waals surface area contributed by atoms with Gasteiger partial charge in [0.15, 0.2) is 5.54 Å². The molecule has 1 saturated heterocycles. The van der Waals surface area contributed by atoms with E-state index in [-0.39, 0.29) is 6.42 Å². The Labute approximate surface area is 98.3 Å². The van der Waals surface area contributed by atoms with Crippen molar-refractivity contribution in [3.05, 3.63) is 0 Å². The zero-order valence-electron chi connectivity index (χ0n) is 9.75. The van der Waals surface area contributed by atoms with Crippen LogP contribution >= 0.6 is 0 Å². The molecule has 0 radical (unpaired) electrons. The van der Waals surface area contributed by atoms with Crippen molar-refractivity contribution in [3.8, 4) is 0 Å². The first kappa shape index (κ1) is 13.1. The van der Waals surface area contributed by atoms with Crippen molar-refractivity contribution in [1.82, 2.24) is 16.0 Å². The molecule has 1 aliphatic heterocycles. The molecule has 0 aromatic carbocycles. The molecule has 17 heavy (non-hydrogen) atoms. The van der Waals surface area contributed by atoms with Crippen LogP contribution < -0.4 is 16.0 Å². The molecule has 0 atom stereocenters. The van der Waals surface area contributed by atoms with E-state index in [1.165, 1.54) is 6.92 Å². The summed E-state index contributed by atoms with van der Waals surface area (Å²) < 4.78 is 0. The van der Waals surface area contributed by atoms with Gasteiger partial charge in [-0.05, 0) is 6.42 Å². The number of unbranched alkanes of at least 4 members (excludes halogenated alkanes) is 1. The highest BCUT2D eigenvalue weighted by molar-refractivity contribution is 6.23. The Morgan fingerprint density at radius 3 is 2.18 bits per heavy atom. The minimum absolute atomic E-state index is 0.161. The smallest absolute Gasteiger partial charge is 0.328 e. The average molecular weight is 241 g/mol. The molecule has 0 saturated carbocycles. The molecular weight excluding hydrogens is 226 g/mol. The van der Waals surface area contributed by atoms with E-state index in [0.29, 0.717) is 6.42 Å². The molecule has 0 unspecified atom stereocenters. The van der Waals surface area contributed by atoms with Crippen molar-refractivity contribution in [2.24, 2.45) is 0 Å². The van der Waals surface area contributed by atoms with Gasteiger partial charge in [-0.2, -0.15) is 0 Å². The van der Waals surface area contributed by atoms with Gasteiger partial charge in [0.1, 0.15) is 0 Å². The number of barbiturate groups is 1. The average Bonchev–Trinajstić information content (AvgIpc) is 2.21. The monoisotopic (exact) mass is 241 g/mol. The predicted molar refractivity (Wildman–Crippen MR) is 57.8 cm³/mol. The number of imide groups is 2. The topological polar surface area (TPSA) is 104 Å². The zero-order chi connectivity index (χ0) is 13.1. The number of hydrogen-bond donors (Lipinski definition) is 3. The zero-order valence-corrected chi connectivity index (χ0v) is 9.75. The first-order chi connectivity index (χ1) is 7.92. The summed E-state index contributed by atoms with van der Waals surface area (Å²) in [4.78, 5) is 45.6. The minimum atomic E-state index is -1.67. The van der Waals surface area contributed by atoms with Crippen molar-refractivity contribution in [3.63, 3.8) is 0 Å². The largest absolute Gasteiger partial charge is 0.334 e. The van der Waals surface area contributed by atoms with Crippen LogP contribution in [-0.4, -0.2) is 29.3 Å². The van der Waals surface area contributed by atoms with Crippen molar-refractivity contribution in [1.29, 1.82) is 0 Å². The second-order valence-electron chi connectivity index (χ2n) is 3.93. The molecule has 0 spiro atoms. The molecule has 0 bridgehead atoms. The number of amides is 5. The summed E-state index contributed by atoms with van der Waals surface area (Å²) in [6, 6.07) is -0.863. The summed E-state index contributed by atoms with van der Waals surface area (Å²) in [5.74, 6) is -2.06. The normalized spacial score (nSPS) is 18.4. The lowest BCUT2D eigenvalue weighted by molar-refractivity contribution is -0.144. The second kappa shape index (κ2) is 4.94. The standard InChI is InChI=1S/C10H15N3O4/c1-3-4-5-10(13-6(2)14)7(15)11-9(17)12-8(10)16/h3-5H2,1-2H3,(H,13,14)(H2,11,12,15,16,17). The SMILES string of the molecule is CCCCC1(NC(C)=O)C(=O)NC(=O)NC1=O. The number of rotatable bonds is 4. The van der Waals surface area contributed by atoms with Crippen LogP contribution in [0.4, 0.5) is 4.79 Å². The van der Waals surface area contributed by atoms with E-state index >= 15 is 0 Å². The van der Waals surface area contributed by atoms with Crippen molar-refractivity contribution < 1.29 is 19.2 Å². The van der Waals surface area contributed by atoms with Crippen LogP contribution in [0.1, 0.15) is 33.1 Å². The Hall–Kier alpha value is -1.92. The Balaban J connectivity index is 3.01. The van der Waals surface area contributed by atoms with Gasteiger partial charge in [0.2, 0.25) is 5.91 Å². The quantitative estimate of drug-likeness (QED) is 0.572. The van der Waals surface area contributed by atoms with E-state index in [0.717, 1.165) is 6.42 Å². The first-order valence-corrected chi connectivity index (χ1v) is 5.38. The highest BCUT2D eigenvalue weighted by Crippen LogP contribution is 2.18. The molecule has 1 rings (SSSR count). The van der Waals surface area contributed by atoms with E-state index in [1.54, 1.807) is 0 Å². The molecule has 7 heteroatoms. The Kier molecular flexibility index (Phi) is 3.82. The number of carbonyl (C=O) groups excluding carboxylic acids is 4. The molecule has 5 amide bonds. The molecule has 1 heterocycles. The number of carbonyl (C=O) groups is 4. The van der Waals surface area contributed by atoms with Crippen molar-refractivity contribution in [2.75, 3.05) is 0 Å². The maximum Gasteiger partial charge on any atom is 0.328 e. The third-order valence-corrected chi connectivity index (χ3v) is 2.52. The maximum absolute atomic E-state index is 11.8. The van der Waals surface area contributed by atoms with Gasteiger partial charge in [-0.1, -0.05) is 19.8 Å². The highest BCUT2D eigenvalue weighted by Gasteiger charge is 2.50. The Bertz CT molecular complexity index is 358. The molecule has 7 nitrogen and oxygen atoms in total. The van der Waals surface area contributed by atoms with E-state index in [2.05, 4.69) is 5.32 Å². The molecule has 0 aromatic rings. The second-order valence-corrected chi connectivity index (χ2v) is 3.93. The summed E-state index contributed by atoms with van der Waals surface area (Å²) in [6.45, 7) is 3.11.